The average Bonchev–Trinajstić information content (AvgIpc) is 3.25. The molecule has 1 atom stereocenters. The molecule has 0 unspecified atom stereocenters. The molecule has 2 aliphatic heterocycles. The van der Waals surface area contributed by atoms with Gasteiger partial charge in [-0.2, -0.15) is 16.4 Å². The van der Waals surface area contributed by atoms with Gasteiger partial charge in [0.05, 0.1) is 11.8 Å². The number of hydrogen-bond donors (Lipinski definition) is 0. The van der Waals surface area contributed by atoms with E-state index < -0.39 is 0 Å². The van der Waals surface area contributed by atoms with Gasteiger partial charge in [0.2, 0.25) is 12.7 Å². The molecule has 5 nitrogen and oxygen atoms in total. The standard InChI is InChI=1S/C16H14N2O3S/c1-10(19)18-14(7-13(17-18)12-4-5-22-8-12)11-2-3-15-16(6-11)21-9-20-15/h2-6,8,14H,7,9H2,1H3/t14-/m0/s1. The number of thiophene rings is 1. The quantitative estimate of drug-likeness (QED) is 0.855. The van der Waals surface area contributed by atoms with E-state index in [0.717, 1.165) is 28.3 Å². The van der Waals surface area contributed by atoms with E-state index in [4.69, 9.17) is 9.47 Å². The minimum absolute atomic E-state index is 0.0621. The first kappa shape index (κ1) is 13.3. The lowest BCUT2D eigenvalue weighted by Gasteiger charge is -2.20. The van der Waals surface area contributed by atoms with Crippen molar-refractivity contribution in [1.82, 2.24) is 5.01 Å². The van der Waals surface area contributed by atoms with Crippen LogP contribution in [-0.2, 0) is 4.79 Å². The molecule has 2 aliphatic rings. The van der Waals surface area contributed by atoms with Gasteiger partial charge in [-0.1, -0.05) is 6.07 Å². The lowest BCUT2D eigenvalue weighted by atomic mass is 9.99. The summed E-state index contributed by atoms with van der Waals surface area (Å²) in [7, 11) is 0. The molecular weight excluding hydrogens is 300 g/mol. The summed E-state index contributed by atoms with van der Waals surface area (Å²) >= 11 is 1.63. The Morgan fingerprint density at radius 2 is 2.18 bits per heavy atom. The number of carbonyl (C=O) groups excluding carboxylic acids is 1. The highest BCUT2D eigenvalue weighted by Gasteiger charge is 2.32. The topological polar surface area (TPSA) is 51.1 Å². The summed E-state index contributed by atoms with van der Waals surface area (Å²) in [4.78, 5) is 11.9. The van der Waals surface area contributed by atoms with Crippen LogP contribution in [-0.4, -0.2) is 23.4 Å². The Morgan fingerprint density at radius 1 is 1.32 bits per heavy atom. The third kappa shape index (κ3) is 2.16. The van der Waals surface area contributed by atoms with E-state index in [1.54, 1.807) is 23.3 Å². The third-order valence-corrected chi connectivity index (χ3v) is 4.55. The lowest BCUT2D eigenvalue weighted by molar-refractivity contribution is -0.130. The first-order valence-electron chi connectivity index (χ1n) is 7.02. The molecule has 1 aromatic heterocycles. The zero-order valence-corrected chi connectivity index (χ0v) is 12.8. The summed E-state index contributed by atoms with van der Waals surface area (Å²) in [5.41, 5.74) is 3.03. The summed E-state index contributed by atoms with van der Waals surface area (Å²) in [6, 6.07) is 7.74. The zero-order chi connectivity index (χ0) is 15.1. The first-order chi connectivity index (χ1) is 10.7. The van der Waals surface area contributed by atoms with E-state index in [1.165, 1.54) is 0 Å². The van der Waals surface area contributed by atoms with Crippen LogP contribution in [0.3, 0.4) is 0 Å². The molecule has 112 valence electrons. The minimum atomic E-state index is -0.0955. The summed E-state index contributed by atoms with van der Waals surface area (Å²) in [5, 5.41) is 10.1. The summed E-state index contributed by atoms with van der Waals surface area (Å²) in [5.74, 6) is 1.41. The van der Waals surface area contributed by atoms with E-state index >= 15 is 0 Å². The minimum Gasteiger partial charge on any atom is -0.454 e. The Balaban J connectivity index is 1.68. The second kappa shape index (κ2) is 5.14. The van der Waals surface area contributed by atoms with Crippen molar-refractivity contribution in [3.63, 3.8) is 0 Å². The van der Waals surface area contributed by atoms with Gasteiger partial charge in [-0.05, 0) is 34.5 Å². The normalized spacial score (nSPS) is 19.4. The van der Waals surface area contributed by atoms with Crippen LogP contribution < -0.4 is 9.47 Å². The number of hydrazone groups is 1. The Kier molecular flexibility index (Phi) is 3.11. The van der Waals surface area contributed by atoms with Crippen molar-refractivity contribution in [3.8, 4) is 11.5 Å². The third-order valence-electron chi connectivity index (χ3n) is 3.87. The van der Waals surface area contributed by atoms with Crippen LogP contribution in [0, 0.1) is 0 Å². The van der Waals surface area contributed by atoms with Crippen LogP contribution in [0.1, 0.15) is 30.5 Å². The van der Waals surface area contributed by atoms with Gasteiger partial charge in [0.25, 0.3) is 0 Å². The number of carbonyl (C=O) groups is 1. The molecule has 1 aromatic carbocycles. The fourth-order valence-electron chi connectivity index (χ4n) is 2.78. The van der Waals surface area contributed by atoms with E-state index in [2.05, 4.69) is 10.5 Å². The van der Waals surface area contributed by atoms with Crippen LogP contribution in [0.15, 0.2) is 40.1 Å². The van der Waals surface area contributed by atoms with Gasteiger partial charge >= 0.3 is 0 Å². The smallest absolute Gasteiger partial charge is 0.240 e. The molecule has 0 aliphatic carbocycles. The average molecular weight is 314 g/mol. The molecule has 4 rings (SSSR count). The first-order valence-corrected chi connectivity index (χ1v) is 7.96. The van der Waals surface area contributed by atoms with E-state index in [0.29, 0.717) is 6.42 Å². The SMILES string of the molecule is CC(=O)N1N=C(c2ccsc2)C[C@H]1c1ccc2c(c1)OCO2. The number of fused-ring (bicyclic) bond motifs is 1. The molecule has 2 aromatic rings. The van der Waals surface area contributed by atoms with Crippen molar-refractivity contribution in [2.45, 2.75) is 19.4 Å². The molecule has 0 saturated heterocycles. The number of benzene rings is 1. The molecule has 0 bridgehead atoms. The van der Waals surface area contributed by atoms with Gasteiger partial charge in [0.15, 0.2) is 11.5 Å². The monoisotopic (exact) mass is 314 g/mol. The van der Waals surface area contributed by atoms with Gasteiger partial charge in [0, 0.05) is 18.9 Å². The second-order valence-electron chi connectivity index (χ2n) is 5.25. The summed E-state index contributed by atoms with van der Waals surface area (Å²) in [6.07, 6.45) is 0.704. The van der Waals surface area contributed by atoms with Crippen molar-refractivity contribution >= 4 is 23.0 Å². The molecule has 0 N–H and O–H groups in total. The Morgan fingerprint density at radius 3 is 2.95 bits per heavy atom. The number of amides is 1. The van der Waals surface area contributed by atoms with E-state index in [1.807, 2.05) is 29.6 Å². The second-order valence-corrected chi connectivity index (χ2v) is 6.03. The number of rotatable bonds is 2. The van der Waals surface area contributed by atoms with Crippen LogP contribution in [0.25, 0.3) is 0 Å². The van der Waals surface area contributed by atoms with E-state index in [-0.39, 0.29) is 18.7 Å². The van der Waals surface area contributed by atoms with Crippen molar-refractivity contribution in [1.29, 1.82) is 0 Å². The van der Waals surface area contributed by atoms with Gasteiger partial charge in [-0.15, -0.1) is 0 Å². The molecule has 3 heterocycles. The predicted molar refractivity (Wildman–Crippen MR) is 83.3 cm³/mol. The number of nitrogens with zero attached hydrogens (tertiary/aromatic N) is 2. The van der Waals surface area contributed by atoms with Crippen LogP contribution >= 0.6 is 11.3 Å². The van der Waals surface area contributed by atoms with Crippen LogP contribution in [0.5, 0.6) is 11.5 Å². The molecule has 0 spiro atoms. The molecule has 0 radical (unpaired) electrons. The molecule has 6 heteroatoms. The fourth-order valence-corrected chi connectivity index (χ4v) is 3.45. The number of hydrogen-bond acceptors (Lipinski definition) is 5. The maximum atomic E-state index is 11.9. The molecule has 0 fully saturated rings. The van der Waals surface area contributed by atoms with Gasteiger partial charge < -0.3 is 9.47 Å². The Labute approximate surface area is 131 Å². The summed E-state index contributed by atoms with van der Waals surface area (Å²) < 4.78 is 10.8. The van der Waals surface area contributed by atoms with Crippen LogP contribution in [0.2, 0.25) is 0 Å². The number of ether oxygens (including phenoxy) is 2. The summed E-state index contributed by atoms with van der Waals surface area (Å²) in [6.45, 7) is 1.79. The Hall–Kier alpha value is -2.34. The molecule has 1 amide bonds. The Bertz CT molecular complexity index is 755. The van der Waals surface area contributed by atoms with Crippen molar-refractivity contribution in [3.05, 3.63) is 46.2 Å². The lowest BCUT2D eigenvalue weighted by Crippen LogP contribution is -2.24. The fraction of sp³-hybridized carbons (Fsp3) is 0.250. The van der Waals surface area contributed by atoms with Crippen molar-refractivity contribution < 1.29 is 14.3 Å². The van der Waals surface area contributed by atoms with Crippen LogP contribution in [0.4, 0.5) is 0 Å². The van der Waals surface area contributed by atoms with Crippen molar-refractivity contribution in [2.75, 3.05) is 6.79 Å². The highest BCUT2D eigenvalue weighted by atomic mass is 32.1. The highest BCUT2D eigenvalue weighted by molar-refractivity contribution is 7.08. The van der Waals surface area contributed by atoms with Gasteiger partial charge in [0.1, 0.15) is 0 Å². The van der Waals surface area contributed by atoms with Gasteiger partial charge in [-0.3, -0.25) is 4.79 Å². The maximum absolute atomic E-state index is 11.9. The highest BCUT2D eigenvalue weighted by Crippen LogP contribution is 2.39. The predicted octanol–water partition coefficient (Wildman–Crippen LogP) is 3.17. The molecular formula is C16H14N2O3S. The van der Waals surface area contributed by atoms with Gasteiger partial charge in [-0.25, -0.2) is 5.01 Å². The van der Waals surface area contributed by atoms with E-state index in [9.17, 15) is 4.79 Å². The zero-order valence-electron chi connectivity index (χ0n) is 12.0. The molecule has 0 saturated carbocycles. The molecule has 22 heavy (non-hydrogen) atoms. The largest absolute Gasteiger partial charge is 0.454 e. The van der Waals surface area contributed by atoms with Crippen molar-refractivity contribution in [2.24, 2.45) is 5.10 Å². The maximum Gasteiger partial charge on any atom is 0.240 e.